The van der Waals surface area contributed by atoms with Gasteiger partial charge in [0.2, 0.25) is 5.91 Å². The Morgan fingerprint density at radius 3 is 2.82 bits per heavy atom. The van der Waals surface area contributed by atoms with E-state index >= 15 is 0 Å². The van der Waals surface area contributed by atoms with Crippen LogP contribution in [0.3, 0.4) is 0 Å². The molecule has 5 nitrogen and oxygen atoms in total. The Labute approximate surface area is 130 Å². The number of carboxylic acid groups (broad SMARTS) is 1. The number of carbonyl (C=O) groups is 2. The molecule has 0 aromatic heterocycles. The Hall–Kier alpha value is -2.04. The third-order valence-electron chi connectivity index (χ3n) is 3.73. The number of amides is 1. The maximum absolute atomic E-state index is 12.4. The summed E-state index contributed by atoms with van der Waals surface area (Å²) in [5.74, 6) is -0.313. The number of aliphatic carboxylic acids is 1. The summed E-state index contributed by atoms with van der Waals surface area (Å²) < 4.78 is 5.62. The maximum Gasteiger partial charge on any atom is 0.326 e. The smallest absolute Gasteiger partial charge is 0.326 e. The summed E-state index contributed by atoms with van der Waals surface area (Å²) in [6.07, 6.45) is 2.55. The lowest BCUT2D eigenvalue weighted by Gasteiger charge is -2.33. The van der Waals surface area contributed by atoms with Crippen LogP contribution in [0.15, 0.2) is 24.3 Å². The second-order valence-corrected chi connectivity index (χ2v) is 5.93. The van der Waals surface area contributed by atoms with Crippen LogP contribution in [-0.4, -0.2) is 40.6 Å². The third-order valence-corrected chi connectivity index (χ3v) is 3.73. The molecular weight excluding hydrogens is 282 g/mol. The van der Waals surface area contributed by atoms with Gasteiger partial charge in [0.1, 0.15) is 11.8 Å². The van der Waals surface area contributed by atoms with Gasteiger partial charge in [-0.1, -0.05) is 12.1 Å². The van der Waals surface area contributed by atoms with Gasteiger partial charge in [-0.05, 0) is 50.8 Å². The number of rotatable bonds is 5. The van der Waals surface area contributed by atoms with Crippen molar-refractivity contribution in [2.75, 3.05) is 6.54 Å². The van der Waals surface area contributed by atoms with E-state index in [1.807, 2.05) is 38.1 Å². The molecule has 1 heterocycles. The Morgan fingerprint density at radius 2 is 2.14 bits per heavy atom. The van der Waals surface area contributed by atoms with Crippen molar-refractivity contribution in [3.63, 3.8) is 0 Å². The molecular formula is C17H23NO4. The van der Waals surface area contributed by atoms with Gasteiger partial charge in [0, 0.05) is 6.54 Å². The second-order valence-electron chi connectivity index (χ2n) is 5.93. The van der Waals surface area contributed by atoms with Crippen LogP contribution < -0.4 is 4.74 Å². The minimum atomic E-state index is -0.912. The lowest BCUT2D eigenvalue weighted by Crippen LogP contribution is -2.48. The third kappa shape index (κ3) is 4.23. The first kappa shape index (κ1) is 16.3. The van der Waals surface area contributed by atoms with Crippen LogP contribution in [0.25, 0.3) is 0 Å². The Morgan fingerprint density at radius 1 is 1.36 bits per heavy atom. The van der Waals surface area contributed by atoms with Gasteiger partial charge in [-0.2, -0.15) is 0 Å². The fourth-order valence-electron chi connectivity index (χ4n) is 2.76. The summed E-state index contributed by atoms with van der Waals surface area (Å²) >= 11 is 0. The quantitative estimate of drug-likeness (QED) is 0.907. The monoisotopic (exact) mass is 305 g/mol. The zero-order chi connectivity index (χ0) is 16.1. The van der Waals surface area contributed by atoms with Crippen LogP contribution >= 0.6 is 0 Å². The summed E-state index contributed by atoms with van der Waals surface area (Å²) in [4.78, 5) is 25.2. The Bertz CT molecular complexity index is 541. The van der Waals surface area contributed by atoms with E-state index in [2.05, 4.69) is 0 Å². The van der Waals surface area contributed by atoms with E-state index < -0.39 is 12.0 Å². The minimum Gasteiger partial charge on any atom is -0.491 e. The SMILES string of the molecule is CC(C)Oc1cccc(CC(=O)N2CCCCC2C(=O)O)c1. The first-order chi connectivity index (χ1) is 10.5. The summed E-state index contributed by atoms with van der Waals surface area (Å²) in [6.45, 7) is 4.42. The molecule has 1 amide bonds. The highest BCUT2D eigenvalue weighted by molar-refractivity contribution is 5.85. The zero-order valence-electron chi connectivity index (χ0n) is 13.1. The van der Waals surface area contributed by atoms with Gasteiger partial charge in [0.25, 0.3) is 0 Å². The highest BCUT2D eigenvalue weighted by atomic mass is 16.5. The van der Waals surface area contributed by atoms with Gasteiger partial charge in [-0.3, -0.25) is 4.79 Å². The van der Waals surface area contributed by atoms with E-state index in [0.717, 1.165) is 24.2 Å². The summed E-state index contributed by atoms with van der Waals surface area (Å²) in [5.41, 5.74) is 0.845. The molecule has 0 aliphatic carbocycles. The number of nitrogens with zero attached hydrogens (tertiary/aromatic N) is 1. The predicted octanol–water partition coefficient (Wildman–Crippen LogP) is 2.48. The number of benzene rings is 1. The lowest BCUT2D eigenvalue weighted by molar-refractivity contribution is -0.151. The van der Waals surface area contributed by atoms with Gasteiger partial charge in [0.15, 0.2) is 0 Å². The van der Waals surface area contributed by atoms with E-state index in [-0.39, 0.29) is 18.4 Å². The standard InChI is InChI=1S/C17H23NO4/c1-12(2)22-14-7-5-6-13(10-14)11-16(19)18-9-4-3-8-15(18)17(20)21/h5-7,10,12,15H,3-4,8-9,11H2,1-2H3,(H,20,21). The summed E-state index contributed by atoms with van der Waals surface area (Å²) in [5, 5.41) is 9.25. The molecule has 0 bridgehead atoms. The molecule has 1 aliphatic heterocycles. The fraction of sp³-hybridized carbons (Fsp3) is 0.529. The molecule has 1 unspecified atom stereocenters. The first-order valence-corrected chi connectivity index (χ1v) is 7.75. The number of hydrogen-bond donors (Lipinski definition) is 1. The Kier molecular flexibility index (Phi) is 5.41. The molecule has 1 saturated heterocycles. The normalized spacial score (nSPS) is 18.3. The van der Waals surface area contributed by atoms with Crippen LogP contribution in [0, 0.1) is 0 Å². The molecule has 22 heavy (non-hydrogen) atoms. The van der Waals surface area contributed by atoms with Crippen LogP contribution in [0.5, 0.6) is 5.75 Å². The van der Waals surface area contributed by atoms with Crippen molar-refractivity contribution in [2.24, 2.45) is 0 Å². The predicted molar refractivity (Wildman–Crippen MR) is 82.9 cm³/mol. The number of piperidine rings is 1. The van der Waals surface area contributed by atoms with Crippen LogP contribution in [0.4, 0.5) is 0 Å². The molecule has 120 valence electrons. The van der Waals surface area contributed by atoms with Crippen LogP contribution in [-0.2, 0) is 16.0 Å². The van der Waals surface area contributed by atoms with Crippen molar-refractivity contribution >= 4 is 11.9 Å². The van der Waals surface area contributed by atoms with Gasteiger partial charge < -0.3 is 14.7 Å². The summed E-state index contributed by atoms with van der Waals surface area (Å²) in [6, 6.07) is 6.74. The second kappa shape index (κ2) is 7.29. The van der Waals surface area contributed by atoms with Crippen LogP contribution in [0.1, 0.15) is 38.7 Å². The van der Waals surface area contributed by atoms with Crippen LogP contribution in [0.2, 0.25) is 0 Å². The van der Waals surface area contributed by atoms with E-state index in [1.165, 1.54) is 4.90 Å². The molecule has 1 aliphatic rings. The van der Waals surface area contributed by atoms with Gasteiger partial charge >= 0.3 is 5.97 Å². The van der Waals surface area contributed by atoms with E-state index in [0.29, 0.717) is 13.0 Å². The number of ether oxygens (including phenoxy) is 1. The molecule has 2 rings (SSSR count). The van der Waals surface area contributed by atoms with Gasteiger partial charge in [-0.25, -0.2) is 4.79 Å². The molecule has 0 spiro atoms. The minimum absolute atomic E-state index is 0.0736. The molecule has 1 N–H and O–H groups in total. The average Bonchev–Trinajstić information content (AvgIpc) is 2.46. The summed E-state index contributed by atoms with van der Waals surface area (Å²) in [7, 11) is 0. The molecule has 0 radical (unpaired) electrons. The lowest BCUT2D eigenvalue weighted by atomic mass is 10.0. The Balaban J connectivity index is 2.06. The number of likely N-dealkylation sites (tertiary alicyclic amines) is 1. The molecule has 1 fully saturated rings. The first-order valence-electron chi connectivity index (χ1n) is 7.75. The molecule has 1 aromatic rings. The van der Waals surface area contributed by atoms with Crippen molar-refractivity contribution in [1.82, 2.24) is 4.90 Å². The van der Waals surface area contributed by atoms with Crippen molar-refractivity contribution < 1.29 is 19.4 Å². The molecule has 5 heteroatoms. The molecule has 0 saturated carbocycles. The van der Waals surface area contributed by atoms with Crippen molar-refractivity contribution in [3.8, 4) is 5.75 Å². The number of hydrogen-bond acceptors (Lipinski definition) is 3. The number of carboxylic acids is 1. The maximum atomic E-state index is 12.4. The molecule has 1 atom stereocenters. The zero-order valence-corrected chi connectivity index (χ0v) is 13.1. The van der Waals surface area contributed by atoms with E-state index in [1.54, 1.807) is 0 Å². The van der Waals surface area contributed by atoms with Crippen molar-refractivity contribution in [3.05, 3.63) is 29.8 Å². The van der Waals surface area contributed by atoms with Gasteiger partial charge in [-0.15, -0.1) is 0 Å². The van der Waals surface area contributed by atoms with Crippen molar-refractivity contribution in [2.45, 2.75) is 51.7 Å². The highest BCUT2D eigenvalue weighted by Crippen LogP contribution is 2.20. The molecule has 1 aromatic carbocycles. The fourth-order valence-corrected chi connectivity index (χ4v) is 2.76. The highest BCUT2D eigenvalue weighted by Gasteiger charge is 2.31. The number of carbonyl (C=O) groups excluding carboxylic acids is 1. The van der Waals surface area contributed by atoms with E-state index in [4.69, 9.17) is 4.74 Å². The van der Waals surface area contributed by atoms with Crippen molar-refractivity contribution in [1.29, 1.82) is 0 Å². The van der Waals surface area contributed by atoms with E-state index in [9.17, 15) is 14.7 Å². The topological polar surface area (TPSA) is 66.8 Å². The average molecular weight is 305 g/mol. The largest absolute Gasteiger partial charge is 0.491 e. The van der Waals surface area contributed by atoms with Gasteiger partial charge in [0.05, 0.1) is 12.5 Å².